The van der Waals surface area contributed by atoms with Gasteiger partial charge in [0.15, 0.2) is 0 Å². The summed E-state index contributed by atoms with van der Waals surface area (Å²) in [5.41, 5.74) is 36.9. The van der Waals surface area contributed by atoms with E-state index < -0.39 is 11.8 Å². The minimum absolute atomic E-state index is 0.403. The SMILES string of the molecule is c1ccc(-c2c(-c3ccccc3)c(-c3ccccc3)c3c(c2-c2ccccc2)C2c4c(-c5ccccc5)c(-c5ccccc5)c(-c5ccccc5)c(-c5ccccc5)c4C3c3c(-c4ccccc4)c(-c4ccccc4)c(-c4ccccc4)c(-c4ccccc4)c32)cc1.c1ccccc1.c1ccccc1.c1ccccc1.c1ccccc1.c1ccccc1.c1ccccc1.c1ccccc1.c1ccccc1.c1ccccc1. The van der Waals surface area contributed by atoms with Crippen LogP contribution in [0.4, 0.5) is 0 Å². The molecule has 700 valence electrons. The molecule has 0 saturated carbocycles. The van der Waals surface area contributed by atoms with Gasteiger partial charge < -0.3 is 0 Å². The maximum atomic E-state index is 2.38. The van der Waals surface area contributed by atoms with Crippen LogP contribution >= 0.6 is 0 Å². The fourth-order valence-corrected chi connectivity index (χ4v) is 19.3. The topological polar surface area (TPSA) is 0 Å². The molecule has 0 atom stereocenters. The highest BCUT2D eigenvalue weighted by atomic mass is 14.5. The fraction of sp³-hybridized carbons (Fsp3) is 0.0137. The summed E-state index contributed by atoms with van der Waals surface area (Å²) in [6.07, 6.45) is 0. The molecule has 146 heavy (non-hydrogen) atoms. The van der Waals surface area contributed by atoms with Crippen molar-refractivity contribution in [3.8, 4) is 134 Å². The van der Waals surface area contributed by atoms with Crippen molar-refractivity contribution in [1.29, 1.82) is 0 Å². The van der Waals surface area contributed by atoms with E-state index in [0.717, 1.165) is 0 Å². The molecule has 0 unspecified atom stereocenters. The standard InChI is InChI=1S/C92H62.9C6H6/c1-13-37-61(38-14-1)73-74(62-39-15-2-16-40-62)80(68-51-27-8-28-52-68)86-85(79(73)67-49-25-7-26-50-67)91-87-81(69-53-29-9-30-54-69)75(63-41-17-3-18-42-63)77(65-45-21-5-22-46-65)83(71-57-33-11-34-58-71)89(87)92(86)90-84(72-59-35-12-36-60-72)78(66-47-23-6-24-48-66)76(64-43-19-4-20-44-64)82(88(90)91)70-55-31-10-32-56-70;9*1-2-4-6-5-3-1/h1-60,91-92H;9*1-6H. The van der Waals surface area contributed by atoms with E-state index in [-0.39, 0.29) is 0 Å². The van der Waals surface area contributed by atoms with Gasteiger partial charge in [0, 0.05) is 11.8 Å². The molecule has 0 saturated heterocycles. The Kier molecular flexibility index (Phi) is 36.7. The molecule has 24 aromatic carbocycles. The molecule has 0 aliphatic heterocycles. The maximum Gasteiger partial charge on any atom is 0.0369 e. The van der Waals surface area contributed by atoms with Crippen molar-refractivity contribution in [2.24, 2.45) is 0 Å². The summed E-state index contributed by atoms with van der Waals surface area (Å²) in [6, 6.07) is 245. The van der Waals surface area contributed by atoms with Crippen LogP contribution in [0.25, 0.3) is 134 Å². The second kappa shape index (κ2) is 54.2. The fourth-order valence-electron chi connectivity index (χ4n) is 19.3. The summed E-state index contributed by atoms with van der Waals surface area (Å²) < 4.78 is 0. The normalized spacial score (nSPS) is 11.4. The molecule has 0 N–H and O–H groups in total. The van der Waals surface area contributed by atoms with Gasteiger partial charge in [-0.1, -0.05) is 692 Å². The number of benzene rings is 24. The molecule has 0 heteroatoms. The molecule has 0 nitrogen and oxygen atoms in total. The van der Waals surface area contributed by atoms with Crippen LogP contribution in [0.1, 0.15) is 45.2 Å². The van der Waals surface area contributed by atoms with Crippen molar-refractivity contribution >= 4 is 0 Å². The van der Waals surface area contributed by atoms with E-state index in [1.165, 1.54) is 167 Å². The molecule has 2 bridgehead atoms. The first-order chi connectivity index (χ1) is 72.8. The third kappa shape index (κ3) is 25.5. The molecule has 3 aliphatic rings. The molecule has 0 fully saturated rings. The number of hydrogen-bond donors (Lipinski definition) is 0. The highest BCUT2D eigenvalue weighted by Gasteiger charge is 2.53. The third-order valence-corrected chi connectivity index (χ3v) is 25.2. The van der Waals surface area contributed by atoms with Crippen molar-refractivity contribution in [2.75, 3.05) is 0 Å². The molecule has 0 aromatic heterocycles. The number of rotatable bonds is 12. The molecular weight excluding hydrogens is 1750 g/mol. The molecule has 0 amide bonds. The van der Waals surface area contributed by atoms with E-state index in [0.29, 0.717) is 0 Å². The molecule has 0 heterocycles. The van der Waals surface area contributed by atoms with Gasteiger partial charge in [0.1, 0.15) is 0 Å². The lowest BCUT2D eigenvalue weighted by atomic mass is 9.51. The molecule has 3 aliphatic carbocycles. The predicted molar refractivity (Wildman–Crippen MR) is 624 cm³/mol. The van der Waals surface area contributed by atoms with Crippen molar-refractivity contribution in [1.82, 2.24) is 0 Å². The summed E-state index contributed by atoms with van der Waals surface area (Å²) in [5, 5.41) is 0. The van der Waals surface area contributed by atoms with Crippen LogP contribution in [-0.2, 0) is 0 Å². The first kappa shape index (κ1) is 98.9. The van der Waals surface area contributed by atoms with Crippen LogP contribution in [0.15, 0.2) is 692 Å². The lowest BCUT2D eigenvalue weighted by Crippen LogP contribution is -2.33. The van der Waals surface area contributed by atoms with Gasteiger partial charge in [-0.3, -0.25) is 0 Å². The zero-order valence-electron chi connectivity index (χ0n) is 82.0. The lowest BCUT2D eigenvalue weighted by Gasteiger charge is -2.50. The Morgan fingerprint density at radius 1 is 0.0616 bits per heavy atom. The van der Waals surface area contributed by atoms with Crippen LogP contribution in [-0.4, -0.2) is 0 Å². The van der Waals surface area contributed by atoms with E-state index in [1.54, 1.807) is 0 Å². The quantitative estimate of drug-likeness (QED) is 0.114. The van der Waals surface area contributed by atoms with Crippen LogP contribution in [0.3, 0.4) is 0 Å². The van der Waals surface area contributed by atoms with Crippen LogP contribution in [0, 0.1) is 0 Å². The molecule has 27 rings (SSSR count). The van der Waals surface area contributed by atoms with Gasteiger partial charge in [-0.15, -0.1) is 0 Å². The second-order valence-electron chi connectivity index (χ2n) is 34.6. The first-order valence-electron chi connectivity index (χ1n) is 50.2. The zero-order chi connectivity index (χ0) is 99.1. The highest BCUT2D eigenvalue weighted by molar-refractivity contribution is 6.15. The monoisotopic (exact) mass is 1870 g/mol. The van der Waals surface area contributed by atoms with E-state index in [4.69, 9.17) is 0 Å². The van der Waals surface area contributed by atoms with E-state index in [2.05, 4.69) is 364 Å². The van der Waals surface area contributed by atoms with Crippen molar-refractivity contribution in [3.05, 3.63) is 725 Å². The van der Waals surface area contributed by atoms with Crippen LogP contribution in [0.2, 0.25) is 0 Å². The Hall–Kier alpha value is -18.7. The zero-order valence-corrected chi connectivity index (χ0v) is 82.0. The number of hydrogen-bond acceptors (Lipinski definition) is 0. The first-order valence-corrected chi connectivity index (χ1v) is 50.2. The summed E-state index contributed by atoms with van der Waals surface area (Å²) in [6.45, 7) is 0. The van der Waals surface area contributed by atoms with Gasteiger partial charge in [-0.25, -0.2) is 0 Å². The van der Waals surface area contributed by atoms with Crippen molar-refractivity contribution < 1.29 is 0 Å². The Bertz CT molecular complexity index is 6230. The molecule has 0 radical (unpaired) electrons. The molecule has 0 spiro atoms. The van der Waals surface area contributed by atoms with Crippen LogP contribution < -0.4 is 0 Å². The second-order valence-corrected chi connectivity index (χ2v) is 34.6. The summed E-state index contributed by atoms with van der Waals surface area (Å²) >= 11 is 0. The lowest BCUT2D eigenvalue weighted by molar-refractivity contribution is 0.766. The Morgan fingerprint density at radius 2 is 0.116 bits per heavy atom. The average Bonchev–Trinajstić information content (AvgIpc) is 0.649. The van der Waals surface area contributed by atoms with Gasteiger partial charge in [0.2, 0.25) is 0 Å². The summed E-state index contributed by atoms with van der Waals surface area (Å²) in [7, 11) is 0. The molecule has 24 aromatic rings. The largest absolute Gasteiger partial charge is 0.0623 e. The summed E-state index contributed by atoms with van der Waals surface area (Å²) in [5.74, 6) is -0.806. The summed E-state index contributed by atoms with van der Waals surface area (Å²) in [4.78, 5) is 0. The highest BCUT2D eigenvalue weighted by Crippen LogP contribution is 2.72. The van der Waals surface area contributed by atoms with Crippen molar-refractivity contribution in [3.63, 3.8) is 0 Å². The minimum atomic E-state index is -0.403. The van der Waals surface area contributed by atoms with E-state index >= 15 is 0 Å². The maximum absolute atomic E-state index is 2.38. The predicted octanol–water partition coefficient (Wildman–Crippen LogP) is 39.9. The minimum Gasteiger partial charge on any atom is -0.0623 e. The van der Waals surface area contributed by atoms with E-state index in [9.17, 15) is 0 Å². The smallest absolute Gasteiger partial charge is 0.0369 e. The van der Waals surface area contributed by atoms with Gasteiger partial charge in [0.25, 0.3) is 0 Å². The van der Waals surface area contributed by atoms with Gasteiger partial charge in [-0.05, 0) is 167 Å². The Labute approximate surface area is 864 Å². The third-order valence-electron chi connectivity index (χ3n) is 25.2. The molecular formula is C146H116. The van der Waals surface area contributed by atoms with Gasteiger partial charge in [0.05, 0.1) is 0 Å². The Morgan fingerprint density at radius 3 is 0.185 bits per heavy atom. The Balaban J connectivity index is 0.000000215. The van der Waals surface area contributed by atoms with Crippen LogP contribution in [0.5, 0.6) is 0 Å². The van der Waals surface area contributed by atoms with Gasteiger partial charge >= 0.3 is 0 Å². The van der Waals surface area contributed by atoms with E-state index in [1.807, 2.05) is 328 Å². The van der Waals surface area contributed by atoms with Gasteiger partial charge in [-0.2, -0.15) is 0 Å². The van der Waals surface area contributed by atoms with Crippen molar-refractivity contribution in [2.45, 2.75) is 11.8 Å². The average molecular weight is 1870 g/mol.